The predicted octanol–water partition coefficient (Wildman–Crippen LogP) is 5.78. The molecule has 2 fully saturated rings. The molecule has 6 N–H and O–H groups in total. The number of fused-ring (bicyclic) bond motifs is 2. The molecule has 0 unspecified atom stereocenters. The molecule has 8 aromatic rings. The highest BCUT2D eigenvalue weighted by Crippen LogP contribution is 2.40. The number of carbonyl (C=O) groups is 2. The highest BCUT2D eigenvalue weighted by Gasteiger charge is 2.43. The zero-order valence-electron chi connectivity index (χ0n) is 32.4. The van der Waals surface area contributed by atoms with Crippen LogP contribution >= 0.6 is 0 Å². The van der Waals surface area contributed by atoms with Crippen molar-refractivity contribution in [3.63, 3.8) is 0 Å². The standard InChI is InChI=1S/C43H34N16O2/c1-46-17-25-11-29(25)43(61)55-39-15-23-13-37(32-18-47-6-2-26(32)34-4-8-51-56-34)53-41(31(23)21-50-39)58-59-9-5-35(57-59)27-3-7-48-19-33(27)36-12-22-14-38(49-20-30(22)40(45)52-36)54-42(60)28-10-24(28)16-44/h2-9,12-15,17-21,24-25,28-29H,10-11H2,1H3,(H2,45,52)(H,51,56)(H,53,58)(H,49,54,60)(H,50,55,61)/t24-,25+,28+,29-/m0/s1. The van der Waals surface area contributed by atoms with Crippen LogP contribution in [-0.4, -0.2) is 75.1 Å². The van der Waals surface area contributed by atoms with Gasteiger partial charge in [-0.25, -0.2) is 19.9 Å². The van der Waals surface area contributed by atoms with Crippen molar-refractivity contribution in [3.8, 4) is 51.1 Å². The van der Waals surface area contributed by atoms with Crippen molar-refractivity contribution < 1.29 is 9.59 Å². The molecule has 2 aliphatic rings. The number of H-pyrrole nitrogens is 1. The molecule has 8 aromatic heterocycles. The molecule has 61 heavy (non-hydrogen) atoms. The van der Waals surface area contributed by atoms with Crippen LogP contribution < -0.4 is 21.8 Å². The predicted molar refractivity (Wildman–Crippen MR) is 228 cm³/mol. The van der Waals surface area contributed by atoms with Crippen LogP contribution in [-0.2, 0) is 9.59 Å². The van der Waals surface area contributed by atoms with Gasteiger partial charge >= 0.3 is 0 Å². The van der Waals surface area contributed by atoms with Gasteiger partial charge in [-0.3, -0.25) is 30.1 Å². The molecule has 0 bridgehead atoms. The highest BCUT2D eigenvalue weighted by atomic mass is 16.2. The van der Waals surface area contributed by atoms with E-state index in [-0.39, 0.29) is 41.3 Å². The first kappa shape index (κ1) is 36.9. The highest BCUT2D eigenvalue weighted by molar-refractivity contribution is 6.01. The van der Waals surface area contributed by atoms with Crippen molar-refractivity contribution in [1.29, 1.82) is 5.26 Å². The minimum Gasteiger partial charge on any atom is -0.383 e. The van der Waals surface area contributed by atoms with Gasteiger partial charge in [-0.05, 0) is 72.1 Å². The van der Waals surface area contributed by atoms with E-state index in [4.69, 9.17) is 26.1 Å². The topological polar surface area (TPSA) is 256 Å². The van der Waals surface area contributed by atoms with Gasteiger partial charge in [-0.1, -0.05) is 0 Å². The average Bonchev–Trinajstić information content (AvgIpc) is 4.11. The van der Waals surface area contributed by atoms with Gasteiger partial charge in [0.15, 0.2) is 5.82 Å². The quantitative estimate of drug-likeness (QED) is 0.0973. The van der Waals surface area contributed by atoms with Gasteiger partial charge in [0, 0.05) is 108 Å². The fraction of sp³-hybridized carbons (Fsp3) is 0.163. The molecule has 298 valence electrons. The van der Waals surface area contributed by atoms with Crippen LogP contribution in [0, 0.1) is 35.0 Å². The number of amides is 2. The third-order valence-corrected chi connectivity index (χ3v) is 10.8. The second-order valence-electron chi connectivity index (χ2n) is 14.9. The molecular formula is C43H34N16O2. The maximum Gasteiger partial charge on any atom is 0.230 e. The second kappa shape index (κ2) is 15.0. The summed E-state index contributed by atoms with van der Waals surface area (Å²) in [4.78, 5) is 58.9. The van der Waals surface area contributed by atoms with Gasteiger partial charge in [0.05, 0.1) is 40.7 Å². The van der Waals surface area contributed by atoms with Gasteiger partial charge < -0.3 is 21.4 Å². The summed E-state index contributed by atoms with van der Waals surface area (Å²) < 4.78 is 0. The van der Waals surface area contributed by atoms with Crippen molar-refractivity contribution in [2.45, 2.75) is 12.8 Å². The van der Waals surface area contributed by atoms with Gasteiger partial charge in [0.25, 0.3) is 0 Å². The first-order chi connectivity index (χ1) is 29.8. The van der Waals surface area contributed by atoms with E-state index in [0.717, 1.165) is 34.2 Å². The smallest absolute Gasteiger partial charge is 0.230 e. The van der Waals surface area contributed by atoms with Gasteiger partial charge in [0.2, 0.25) is 11.8 Å². The van der Waals surface area contributed by atoms with E-state index in [1.54, 1.807) is 67.5 Å². The summed E-state index contributed by atoms with van der Waals surface area (Å²) in [7, 11) is 1.71. The van der Waals surface area contributed by atoms with Crippen LogP contribution in [0.3, 0.4) is 0 Å². The number of hydrogen-bond acceptors (Lipinski definition) is 14. The molecule has 0 aromatic carbocycles. The van der Waals surface area contributed by atoms with Crippen LogP contribution in [0.25, 0.3) is 66.6 Å². The Hall–Kier alpha value is -8.46. The van der Waals surface area contributed by atoms with Gasteiger partial charge in [-0.2, -0.15) is 20.3 Å². The molecule has 2 amide bonds. The average molecular weight is 807 g/mol. The van der Waals surface area contributed by atoms with E-state index in [1.165, 1.54) is 0 Å². The number of carbonyl (C=O) groups excluding carboxylic acids is 2. The molecular weight excluding hydrogens is 773 g/mol. The first-order valence-corrected chi connectivity index (χ1v) is 19.4. The van der Waals surface area contributed by atoms with Crippen molar-refractivity contribution in [2.24, 2.45) is 28.7 Å². The summed E-state index contributed by atoms with van der Waals surface area (Å²) in [6.45, 7) is 0. The van der Waals surface area contributed by atoms with E-state index < -0.39 is 0 Å². The number of nitrogens with two attached hydrogens (primary N) is 1. The zero-order chi connectivity index (χ0) is 41.6. The molecule has 0 aliphatic heterocycles. The van der Waals surface area contributed by atoms with Crippen LogP contribution in [0.2, 0.25) is 0 Å². The first-order valence-electron chi connectivity index (χ1n) is 19.4. The SMILES string of the molecule is CN=C[C@H]1C[C@@H]1C(=O)Nc1cc2cc(-c3cnccc3-c3cc[nH]n3)nc(Nn3ccc(-c4ccncc4-c4cc5cc(NC(=O)[C@@H]6C[C@H]6C#N)ncc5c(N)n4)n3)c2cn1. The Morgan fingerprint density at radius 3 is 2.16 bits per heavy atom. The fourth-order valence-electron chi connectivity index (χ4n) is 7.45. The zero-order valence-corrected chi connectivity index (χ0v) is 32.4. The molecule has 10 rings (SSSR count). The fourth-order valence-corrected chi connectivity index (χ4v) is 7.45. The monoisotopic (exact) mass is 806 g/mol. The normalized spacial score (nSPS) is 17.9. The number of nitrogens with zero attached hydrogens (tertiary/aromatic N) is 11. The number of aliphatic imine (C=N–C) groups is 1. The van der Waals surface area contributed by atoms with Gasteiger partial charge in [-0.15, -0.1) is 0 Å². The molecule has 2 saturated carbocycles. The number of nitrogen functional groups attached to an aromatic ring is 1. The van der Waals surface area contributed by atoms with Crippen molar-refractivity contribution in [2.75, 3.05) is 28.8 Å². The maximum absolute atomic E-state index is 13.1. The third-order valence-electron chi connectivity index (χ3n) is 10.8. The van der Waals surface area contributed by atoms with E-state index in [0.29, 0.717) is 62.7 Å². The summed E-state index contributed by atoms with van der Waals surface area (Å²) >= 11 is 0. The second-order valence-corrected chi connectivity index (χ2v) is 14.9. The lowest BCUT2D eigenvalue weighted by molar-refractivity contribution is -0.118. The summed E-state index contributed by atoms with van der Waals surface area (Å²) in [6, 6.07) is 16.9. The Balaban J connectivity index is 0.983. The summed E-state index contributed by atoms with van der Waals surface area (Å²) in [5.41, 5.74) is 15.2. The molecule has 0 spiro atoms. The number of pyridine rings is 6. The van der Waals surface area contributed by atoms with E-state index in [1.807, 2.05) is 48.7 Å². The molecule has 2 aliphatic carbocycles. The van der Waals surface area contributed by atoms with Crippen molar-refractivity contribution >= 4 is 62.8 Å². The molecule has 18 heteroatoms. The Morgan fingerprint density at radius 2 is 1.49 bits per heavy atom. The Kier molecular flexibility index (Phi) is 9.09. The number of rotatable bonds is 11. The Labute approximate surface area is 346 Å². The number of nitriles is 1. The van der Waals surface area contributed by atoms with Crippen molar-refractivity contribution in [3.05, 3.63) is 98.1 Å². The van der Waals surface area contributed by atoms with E-state index in [9.17, 15) is 9.59 Å². The number of anilines is 4. The number of nitrogens with one attached hydrogen (secondary N) is 4. The Morgan fingerprint density at radius 1 is 0.820 bits per heavy atom. The number of aromatic nitrogens is 10. The van der Waals surface area contributed by atoms with Gasteiger partial charge in [0.1, 0.15) is 17.5 Å². The van der Waals surface area contributed by atoms with Crippen LogP contribution in [0.5, 0.6) is 0 Å². The largest absolute Gasteiger partial charge is 0.383 e. The lowest BCUT2D eigenvalue weighted by Gasteiger charge is -2.14. The molecule has 0 saturated heterocycles. The van der Waals surface area contributed by atoms with Crippen LogP contribution in [0.1, 0.15) is 12.8 Å². The van der Waals surface area contributed by atoms with Crippen LogP contribution in [0.4, 0.5) is 23.3 Å². The van der Waals surface area contributed by atoms with E-state index in [2.05, 4.69) is 57.3 Å². The number of aromatic amines is 1. The maximum atomic E-state index is 13.1. The number of hydrogen-bond donors (Lipinski definition) is 5. The van der Waals surface area contributed by atoms with E-state index >= 15 is 0 Å². The Bertz CT molecular complexity index is 3100. The minimum atomic E-state index is -0.335. The molecule has 0 radical (unpaired) electrons. The molecule has 8 heterocycles. The third kappa shape index (κ3) is 7.20. The minimum absolute atomic E-state index is 0.103. The van der Waals surface area contributed by atoms with Crippen molar-refractivity contribution in [1.82, 2.24) is 50.0 Å². The summed E-state index contributed by atoms with van der Waals surface area (Å²) in [6.07, 6.45) is 16.7. The molecule has 4 atom stereocenters. The lowest BCUT2D eigenvalue weighted by Crippen LogP contribution is -2.16. The molecule has 18 nitrogen and oxygen atoms in total. The summed E-state index contributed by atoms with van der Waals surface area (Å²) in [5.74, 6) is 0.521. The van der Waals surface area contributed by atoms with Crippen LogP contribution in [0.15, 0.2) is 103 Å². The lowest BCUT2D eigenvalue weighted by atomic mass is 10.0. The summed E-state index contributed by atoms with van der Waals surface area (Å²) in [5, 5.41) is 29.9.